The van der Waals surface area contributed by atoms with Gasteiger partial charge in [0.05, 0.1) is 16.1 Å². The molecule has 114 valence electrons. The Labute approximate surface area is 142 Å². The highest BCUT2D eigenvalue weighted by molar-refractivity contribution is 6.35. The first-order valence-electron chi connectivity index (χ1n) is 6.71. The minimum atomic E-state index is -0.297. The lowest BCUT2D eigenvalue weighted by atomic mass is 10.2. The Hall–Kier alpha value is -2.48. The van der Waals surface area contributed by atoms with Gasteiger partial charge in [-0.25, -0.2) is 0 Å². The van der Waals surface area contributed by atoms with Crippen molar-refractivity contribution in [2.75, 3.05) is 6.61 Å². The number of para-hydroxylation sites is 1. The SMILES string of the molecule is N#Cc1cn(C(=O)COc2ccc(Cl)cc2Cl)c2ccccc12. The van der Waals surface area contributed by atoms with Gasteiger partial charge in [-0.15, -0.1) is 0 Å². The van der Waals surface area contributed by atoms with Crippen molar-refractivity contribution in [1.82, 2.24) is 4.57 Å². The van der Waals surface area contributed by atoms with E-state index in [-0.39, 0.29) is 12.5 Å². The maximum absolute atomic E-state index is 12.4. The molecule has 0 saturated carbocycles. The number of carbonyl (C=O) groups is 1. The Morgan fingerprint density at radius 1 is 1.22 bits per heavy atom. The number of hydrogen-bond acceptors (Lipinski definition) is 3. The first-order valence-corrected chi connectivity index (χ1v) is 7.47. The monoisotopic (exact) mass is 344 g/mol. The lowest BCUT2D eigenvalue weighted by molar-refractivity contribution is 0.0843. The van der Waals surface area contributed by atoms with E-state index in [2.05, 4.69) is 6.07 Å². The van der Waals surface area contributed by atoms with Crippen LogP contribution in [0.25, 0.3) is 10.9 Å². The van der Waals surface area contributed by atoms with Gasteiger partial charge in [0, 0.05) is 16.6 Å². The first kappa shape index (κ1) is 15.4. The molecule has 3 rings (SSSR count). The molecule has 0 aliphatic carbocycles. The van der Waals surface area contributed by atoms with Gasteiger partial charge in [0.1, 0.15) is 11.8 Å². The number of nitrogens with zero attached hydrogens (tertiary/aromatic N) is 2. The summed E-state index contributed by atoms with van der Waals surface area (Å²) in [5, 5.41) is 10.7. The fraction of sp³-hybridized carbons (Fsp3) is 0.0588. The fourth-order valence-corrected chi connectivity index (χ4v) is 2.74. The second-order valence-electron chi connectivity index (χ2n) is 4.80. The lowest BCUT2D eigenvalue weighted by Crippen LogP contribution is -2.18. The molecule has 0 saturated heterocycles. The third-order valence-electron chi connectivity index (χ3n) is 3.35. The maximum Gasteiger partial charge on any atom is 0.269 e. The maximum atomic E-state index is 12.4. The van der Waals surface area contributed by atoms with E-state index in [1.54, 1.807) is 30.3 Å². The van der Waals surface area contributed by atoms with Gasteiger partial charge in [0.25, 0.3) is 5.91 Å². The van der Waals surface area contributed by atoms with E-state index in [9.17, 15) is 4.79 Å². The Balaban J connectivity index is 1.85. The Kier molecular flexibility index (Phi) is 4.24. The molecule has 0 aliphatic rings. The molecule has 0 fully saturated rings. The quantitative estimate of drug-likeness (QED) is 0.700. The van der Waals surface area contributed by atoms with Crippen molar-refractivity contribution in [3.63, 3.8) is 0 Å². The van der Waals surface area contributed by atoms with Crippen LogP contribution in [0, 0.1) is 11.3 Å². The number of nitriles is 1. The summed E-state index contributed by atoms with van der Waals surface area (Å²) in [7, 11) is 0. The van der Waals surface area contributed by atoms with Gasteiger partial charge in [0.15, 0.2) is 6.61 Å². The van der Waals surface area contributed by atoms with E-state index in [4.69, 9.17) is 33.2 Å². The zero-order valence-electron chi connectivity index (χ0n) is 11.8. The average molecular weight is 345 g/mol. The van der Waals surface area contributed by atoms with E-state index in [0.717, 1.165) is 5.39 Å². The zero-order valence-corrected chi connectivity index (χ0v) is 13.3. The van der Waals surface area contributed by atoms with Gasteiger partial charge in [-0.3, -0.25) is 9.36 Å². The standard InChI is InChI=1S/C17H10Cl2N2O2/c18-12-5-6-16(14(19)7-12)23-10-17(22)21-9-11(8-20)13-3-1-2-4-15(13)21/h1-7,9H,10H2. The van der Waals surface area contributed by atoms with Gasteiger partial charge in [0.2, 0.25) is 0 Å². The Morgan fingerprint density at radius 2 is 2.00 bits per heavy atom. The second-order valence-corrected chi connectivity index (χ2v) is 5.64. The highest BCUT2D eigenvalue weighted by Gasteiger charge is 2.14. The highest BCUT2D eigenvalue weighted by Crippen LogP contribution is 2.27. The van der Waals surface area contributed by atoms with Crippen molar-refractivity contribution in [2.45, 2.75) is 0 Å². The molecule has 0 N–H and O–H groups in total. The number of halogens is 2. The van der Waals surface area contributed by atoms with E-state index < -0.39 is 0 Å². The smallest absolute Gasteiger partial charge is 0.269 e. The van der Waals surface area contributed by atoms with Crippen molar-refractivity contribution < 1.29 is 9.53 Å². The van der Waals surface area contributed by atoms with Crippen LogP contribution in [0.2, 0.25) is 10.0 Å². The van der Waals surface area contributed by atoms with Crippen molar-refractivity contribution in [2.24, 2.45) is 0 Å². The van der Waals surface area contributed by atoms with E-state index >= 15 is 0 Å². The number of rotatable bonds is 3. The Bertz CT molecular complexity index is 941. The normalized spacial score (nSPS) is 10.5. The summed E-state index contributed by atoms with van der Waals surface area (Å²) < 4.78 is 6.87. The van der Waals surface area contributed by atoms with E-state index in [1.807, 2.05) is 12.1 Å². The molecule has 0 bridgehead atoms. The van der Waals surface area contributed by atoms with E-state index in [1.165, 1.54) is 10.8 Å². The number of aromatic nitrogens is 1. The molecule has 0 atom stereocenters. The summed E-state index contributed by atoms with van der Waals surface area (Å²) in [6, 6.07) is 14.1. The molecule has 0 amide bonds. The summed E-state index contributed by atoms with van der Waals surface area (Å²) in [4.78, 5) is 12.4. The van der Waals surface area contributed by atoms with Crippen LogP contribution in [0.4, 0.5) is 0 Å². The molecule has 3 aromatic rings. The number of hydrogen-bond donors (Lipinski definition) is 0. The fourth-order valence-electron chi connectivity index (χ4n) is 2.28. The Morgan fingerprint density at radius 3 is 2.74 bits per heavy atom. The van der Waals surface area contributed by atoms with Crippen molar-refractivity contribution in [3.05, 3.63) is 64.3 Å². The first-order chi connectivity index (χ1) is 11.1. The minimum Gasteiger partial charge on any atom is -0.482 e. The minimum absolute atomic E-state index is 0.203. The van der Waals surface area contributed by atoms with Gasteiger partial charge in [-0.2, -0.15) is 5.26 Å². The second kappa shape index (κ2) is 6.33. The third-order valence-corrected chi connectivity index (χ3v) is 3.88. The van der Waals surface area contributed by atoms with Crippen LogP contribution in [0.1, 0.15) is 10.4 Å². The summed E-state index contributed by atoms with van der Waals surface area (Å²) in [5.41, 5.74) is 1.11. The summed E-state index contributed by atoms with van der Waals surface area (Å²) in [5.74, 6) is 0.0788. The predicted octanol–water partition coefficient (Wildman–Crippen LogP) is 4.54. The number of fused-ring (bicyclic) bond motifs is 1. The third kappa shape index (κ3) is 3.02. The van der Waals surface area contributed by atoms with Crippen LogP contribution in [-0.4, -0.2) is 17.1 Å². The van der Waals surface area contributed by atoms with E-state index in [0.29, 0.717) is 26.9 Å². The summed E-state index contributed by atoms with van der Waals surface area (Å²) in [6.45, 7) is -0.203. The van der Waals surface area contributed by atoms with Crippen LogP contribution >= 0.6 is 23.2 Å². The largest absolute Gasteiger partial charge is 0.482 e. The number of ether oxygens (including phenoxy) is 1. The van der Waals surface area contributed by atoms with Gasteiger partial charge in [-0.05, 0) is 24.3 Å². The van der Waals surface area contributed by atoms with Crippen molar-refractivity contribution in [1.29, 1.82) is 5.26 Å². The van der Waals surface area contributed by atoms with Crippen molar-refractivity contribution in [3.8, 4) is 11.8 Å². The molecule has 0 radical (unpaired) electrons. The number of benzene rings is 2. The molecule has 1 aromatic heterocycles. The molecule has 2 aromatic carbocycles. The van der Waals surface area contributed by atoms with Crippen LogP contribution in [-0.2, 0) is 0 Å². The highest BCUT2D eigenvalue weighted by atomic mass is 35.5. The van der Waals surface area contributed by atoms with Gasteiger partial charge >= 0.3 is 0 Å². The zero-order chi connectivity index (χ0) is 16.4. The molecule has 1 heterocycles. The molecule has 0 spiro atoms. The molecular formula is C17H10Cl2N2O2. The number of carbonyl (C=O) groups excluding carboxylic acids is 1. The van der Waals surface area contributed by atoms with Gasteiger partial charge in [-0.1, -0.05) is 41.4 Å². The topological polar surface area (TPSA) is 55.0 Å². The summed E-state index contributed by atoms with van der Waals surface area (Å²) in [6.07, 6.45) is 1.51. The molecule has 0 unspecified atom stereocenters. The van der Waals surface area contributed by atoms with Crippen LogP contribution in [0.15, 0.2) is 48.7 Å². The molecule has 4 nitrogen and oxygen atoms in total. The molecule has 23 heavy (non-hydrogen) atoms. The average Bonchev–Trinajstić information content (AvgIpc) is 2.93. The molecule has 6 heteroatoms. The van der Waals surface area contributed by atoms with Gasteiger partial charge < -0.3 is 4.74 Å². The molecule has 0 aliphatic heterocycles. The van der Waals surface area contributed by atoms with Crippen LogP contribution in [0.3, 0.4) is 0 Å². The predicted molar refractivity (Wildman–Crippen MR) is 89.2 cm³/mol. The molecular weight excluding hydrogens is 335 g/mol. The lowest BCUT2D eigenvalue weighted by Gasteiger charge is -2.08. The van der Waals surface area contributed by atoms with Crippen LogP contribution < -0.4 is 4.74 Å². The summed E-state index contributed by atoms with van der Waals surface area (Å²) >= 11 is 11.8. The van der Waals surface area contributed by atoms with Crippen LogP contribution in [0.5, 0.6) is 5.75 Å². The van der Waals surface area contributed by atoms with Crippen molar-refractivity contribution >= 4 is 40.0 Å².